The molecule has 3 N–H and O–H groups in total. The van der Waals surface area contributed by atoms with Crippen molar-refractivity contribution in [2.24, 2.45) is 4.99 Å². The number of hydrogen-bond acceptors (Lipinski definition) is 3. The summed E-state index contributed by atoms with van der Waals surface area (Å²) in [6.45, 7) is 0.884. The number of benzene rings is 2. The van der Waals surface area contributed by atoms with Crippen molar-refractivity contribution < 1.29 is 22.7 Å². The molecule has 0 unspecified atom stereocenters. The molecule has 10 heteroatoms. The van der Waals surface area contributed by atoms with Gasteiger partial charge in [-0.15, -0.1) is 24.0 Å². The van der Waals surface area contributed by atoms with E-state index in [1.54, 1.807) is 20.2 Å². The number of nitrogens with one attached hydrogen (secondary N) is 3. The maximum absolute atomic E-state index is 13.0. The fraction of sp³-hybridized carbons (Fsp3) is 0.333. The summed E-state index contributed by atoms with van der Waals surface area (Å²) in [7, 11) is 3.18. The fourth-order valence-electron chi connectivity index (χ4n) is 2.72. The highest BCUT2D eigenvalue weighted by molar-refractivity contribution is 14.0. The van der Waals surface area contributed by atoms with Gasteiger partial charge in [-0.2, -0.15) is 13.2 Å². The molecule has 0 aliphatic carbocycles. The van der Waals surface area contributed by atoms with E-state index in [4.69, 9.17) is 4.74 Å². The lowest BCUT2D eigenvalue weighted by Gasteiger charge is -2.15. The molecule has 31 heavy (non-hydrogen) atoms. The maximum atomic E-state index is 13.0. The van der Waals surface area contributed by atoms with Crippen molar-refractivity contribution >= 4 is 35.8 Å². The summed E-state index contributed by atoms with van der Waals surface area (Å²) in [4.78, 5) is 15.8. The second-order valence-electron chi connectivity index (χ2n) is 6.30. The zero-order valence-electron chi connectivity index (χ0n) is 17.3. The highest BCUT2D eigenvalue weighted by Crippen LogP contribution is 2.35. The lowest BCUT2D eigenvalue weighted by molar-refractivity contribution is -0.138. The van der Waals surface area contributed by atoms with Gasteiger partial charge in [0, 0.05) is 26.2 Å². The number of carbonyl (C=O) groups excluding carboxylic acids is 1. The molecule has 170 valence electrons. The summed E-state index contributed by atoms with van der Waals surface area (Å²) < 4.78 is 44.2. The molecule has 0 fully saturated rings. The summed E-state index contributed by atoms with van der Waals surface area (Å²) in [6, 6.07) is 12.4. The van der Waals surface area contributed by atoms with Crippen molar-refractivity contribution in [3.05, 3.63) is 65.2 Å². The van der Waals surface area contributed by atoms with Crippen LogP contribution in [0.1, 0.15) is 21.5 Å². The highest BCUT2D eigenvalue weighted by Gasteiger charge is 2.33. The van der Waals surface area contributed by atoms with E-state index in [2.05, 4.69) is 20.9 Å². The van der Waals surface area contributed by atoms with Crippen molar-refractivity contribution in [2.75, 3.05) is 33.8 Å². The lowest BCUT2D eigenvalue weighted by Crippen LogP contribution is -2.40. The van der Waals surface area contributed by atoms with E-state index in [1.165, 1.54) is 18.2 Å². The van der Waals surface area contributed by atoms with Crippen molar-refractivity contribution in [3.63, 3.8) is 0 Å². The molecule has 0 radical (unpaired) electrons. The summed E-state index contributed by atoms with van der Waals surface area (Å²) in [5, 5.41) is 8.70. The van der Waals surface area contributed by atoms with Gasteiger partial charge in [-0.05, 0) is 36.2 Å². The van der Waals surface area contributed by atoms with Gasteiger partial charge in [-0.1, -0.05) is 24.3 Å². The number of para-hydroxylation sites is 1. The second-order valence-corrected chi connectivity index (χ2v) is 6.30. The molecule has 0 heterocycles. The van der Waals surface area contributed by atoms with E-state index in [1.807, 2.05) is 18.2 Å². The third-order valence-corrected chi connectivity index (χ3v) is 4.19. The fourth-order valence-corrected chi connectivity index (χ4v) is 2.72. The van der Waals surface area contributed by atoms with Crippen LogP contribution in [-0.4, -0.2) is 45.7 Å². The van der Waals surface area contributed by atoms with Crippen molar-refractivity contribution in [2.45, 2.75) is 12.6 Å². The smallest absolute Gasteiger partial charge is 0.419 e. The molecule has 0 saturated heterocycles. The number of nitrogens with zero attached hydrogens (tertiary/aromatic N) is 1. The number of guanidine groups is 1. The summed E-state index contributed by atoms with van der Waals surface area (Å²) >= 11 is 0. The Morgan fingerprint density at radius 2 is 1.77 bits per heavy atom. The molecule has 0 spiro atoms. The number of carbonyl (C=O) groups is 1. The molecule has 0 bridgehead atoms. The van der Waals surface area contributed by atoms with E-state index in [9.17, 15) is 18.0 Å². The predicted octanol–water partition coefficient (Wildman–Crippen LogP) is 3.47. The second kappa shape index (κ2) is 13.0. The molecule has 0 atom stereocenters. The Labute approximate surface area is 196 Å². The molecule has 0 aliphatic rings. The van der Waals surface area contributed by atoms with Gasteiger partial charge < -0.3 is 20.7 Å². The van der Waals surface area contributed by atoms with Crippen LogP contribution in [0.5, 0.6) is 5.75 Å². The first-order valence-corrected chi connectivity index (χ1v) is 9.39. The van der Waals surface area contributed by atoms with Gasteiger partial charge in [0.05, 0.1) is 12.1 Å². The normalized spacial score (nSPS) is 11.3. The van der Waals surface area contributed by atoms with Crippen LogP contribution in [0.4, 0.5) is 13.2 Å². The molecule has 2 aromatic carbocycles. The molecular weight excluding hydrogens is 524 g/mol. The van der Waals surface area contributed by atoms with Crippen molar-refractivity contribution in [1.29, 1.82) is 0 Å². The van der Waals surface area contributed by atoms with Crippen LogP contribution in [0.3, 0.4) is 0 Å². The van der Waals surface area contributed by atoms with Crippen LogP contribution < -0.4 is 20.7 Å². The Morgan fingerprint density at radius 1 is 1.06 bits per heavy atom. The van der Waals surface area contributed by atoms with E-state index in [0.717, 1.165) is 11.6 Å². The maximum Gasteiger partial charge on any atom is 0.419 e. The number of aliphatic imine (C=N–C) groups is 1. The van der Waals surface area contributed by atoms with Crippen LogP contribution in [-0.2, 0) is 12.6 Å². The van der Waals surface area contributed by atoms with Gasteiger partial charge in [-0.25, -0.2) is 0 Å². The summed E-state index contributed by atoms with van der Waals surface area (Å²) in [6.07, 6.45) is -3.79. The first-order valence-electron chi connectivity index (χ1n) is 9.39. The van der Waals surface area contributed by atoms with Gasteiger partial charge in [0.15, 0.2) is 5.96 Å². The number of hydrogen-bond donors (Lipinski definition) is 3. The molecular formula is C21H26F3IN4O2. The Balaban J connectivity index is 0.00000480. The first kappa shape index (κ1) is 26.5. The van der Waals surface area contributed by atoms with Crippen LogP contribution in [0.25, 0.3) is 0 Å². The molecule has 0 aliphatic heterocycles. The minimum absolute atomic E-state index is 0. The molecule has 1 amide bonds. The van der Waals surface area contributed by atoms with E-state index < -0.39 is 11.7 Å². The average molecular weight is 550 g/mol. The predicted molar refractivity (Wildman–Crippen MR) is 125 cm³/mol. The van der Waals surface area contributed by atoms with Crippen LogP contribution >= 0.6 is 24.0 Å². The lowest BCUT2D eigenvalue weighted by atomic mass is 10.1. The topological polar surface area (TPSA) is 74.8 Å². The largest absolute Gasteiger partial charge is 0.491 e. The third kappa shape index (κ3) is 8.64. The minimum Gasteiger partial charge on any atom is -0.491 e. The zero-order chi connectivity index (χ0) is 22.0. The highest BCUT2D eigenvalue weighted by atomic mass is 127. The summed E-state index contributed by atoms with van der Waals surface area (Å²) in [5.41, 5.74) is 0.784. The monoisotopic (exact) mass is 550 g/mol. The van der Waals surface area contributed by atoms with E-state index in [0.29, 0.717) is 24.5 Å². The number of rotatable bonds is 8. The van der Waals surface area contributed by atoms with E-state index >= 15 is 0 Å². The van der Waals surface area contributed by atoms with Gasteiger partial charge in [-0.3, -0.25) is 9.79 Å². The van der Waals surface area contributed by atoms with Crippen molar-refractivity contribution in [1.82, 2.24) is 16.0 Å². The molecule has 0 aromatic heterocycles. The number of halogens is 4. The van der Waals surface area contributed by atoms with Crippen molar-refractivity contribution in [3.8, 4) is 5.75 Å². The van der Waals surface area contributed by atoms with Gasteiger partial charge in [0.25, 0.3) is 5.91 Å². The van der Waals surface area contributed by atoms with Crippen LogP contribution in [0.15, 0.2) is 53.5 Å². The van der Waals surface area contributed by atoms with Gasteiger partial charge in [0.2, 0.25) is 0 Å². The molecule has 2 aromatic rings. The van der Waals surface area contributed by atoms with E-state index in [-0.39, 0.29) is 48.8 Å². The Morgan fingerprint density at radius 3 is 2.45 bits per heavy atom. The average Bonchev–Trinajstić information content (AvgIpc) is 2.74. The molecule has 2 rings (SSSR count). The first-order chi connectivity index (χ1) is 14.3. The Hall–Kier alpha value is -2.50. The standard InChI is InChI=1S/C21H25F3N4O2.HI/c1-25-19(29)16-7-5-6-15(14-16)10-11-27-20(26-2)28-12-13-30-18-9-4-3-8-17(18)21(22,23)24;/h3-9,14H,10-13H2,1-2H3,(H,25,29)(H2,26,27,28);1H. The summed E-state index contributed by atoms with van der Waals surface area (Å²) in [5.74, 6) is 0.158. The Bertz CT molecular complexity index is 876. The quantitative estimate of drug-likeness (QED) is 0.204. The van der Waals surface area contributed by atoms with Gasteiger partial charge >= 0.3 is 6.18 Å². The number of alkyl halides is 3. The van der Waals surface area contributed by atoms with Crippen LogP contribution in [0, 0.1) is 0 Å². The zero-order valence-corrected chi connectivity index (χ0v) is 19.6. The Kier molecular flexibility index (Phi) is 11.2. The number of amides is 1. The SMILES string of the molecule is CN=C(NCCOc1ccccc1C(F)(F)F)NCCc1cccc(C(=O)NC)c1.I. The van der Waals surface area contributed by atoms with Crippen LogP contribution in [0.2, 0.25) is 0 Å². The molecule has 6 nitrogen and oxygen atoms in total. The number of ether oxygens (including phenoxy) is 1. The molecule has 0 saturated carbocycles. The minimum atomic E-state index is -4.46. The third-order valence-electron chi connectivity index (χ3n) is 4.19. The van der Waals surface area contributed by atoms with Gasteiger partial charge in [0.1, 0.15) is 12.4 Å².